The zero-order valence-corrected chi connectivity index (χ0v) is 14.9. The molecule has 7 heteroatoms. The molecular formula is C16H23N5OS. The van der Waals surface area contributed by atoms with Crippen LogP contribution in [0.1, 0.15) is 37.3 Å². The fraction of sp³-hybridized carbons (Fsp3) is 0.562. The van der Waals surface area contributed by atoms with Crippen molar-refractivity contribution in [3.05, 3.63) is 28.2 Å². The second kappa shape index (κ2) is 6.80. The zero-order chi connectivity index (χ0) is 16.4. The van der Waals surface area contributed by atoms with Crippen LogP contribution in [0.4, 0.5) is 11.9 Å². The quantitative estimate of drug-likeness (QED) is 0.857. The van der Waals surface area contributed by atoms with Gasteiger partial charge in [-0.15, -0.1) is 0 Å². The Morgan fingerprint density at radius 3 is 2.78 bits per heavy atom. The number of hydrogen-bond acceptors (Lipinski definition) is 7. The Hall–Kier alpha value is -1.73. The van der Waals surface area contributed by atoms with Crippen LogP contribution in [0.5, 0.6) is 0 Å². The molecule has 3 rings (SSSR count). The molecule has 3 heterocycles. The summed E-state index contributed by atoms with van der Waals surface area (Å²) < 4.78 is 5.91. The van der Waals surface area contributed by atoms with Crippen LogP contribution < -0.4 is 9.80 Å². The smallest absolute Gasteiger partial charge is 0.230 e. The molecule has 0 saturated carbocycles. The Bertz CT molecular complexity index is 618. The number of morpholine rings is 1. The topological polar surface area (TPSA) is 54.4 Å². The van der Waals surface area contributed by atoms with Crippen molar-refractivity contribution in [1.29, 1.82) is 0 Å². The van der Waals surface area contributed by atoms with Gasteiger partial charge in [0.15, 0.2) is 0 Å². The van der Waals surface area contributed by atoms with Crippen LogP contribution in [0.25, 0.3) is 0 Å². The third-order valence-electron chi connectivity index (χ3n) is 3.81. The van der Waals surface area contributed by atoms with Crippen molar-refractivity contribution in [3.63, 3.8) is 0 Å². The second-order valence-corrected chi connectivity index (χ2v) is 6.98. The molecule has 1 saturated heterocycles. The van der Waals surface area contributed by atoms with Crippen molar-refractivity contribution in [2.75, 3.05) is 43.6 Å². The second-order valence-electron chi connectivity index (χ2n) is 6.20. The number of thiophene rings is 1. The van der Waals surface area contributed by atoms with Crippen LogP contribution in [-0.2, 0) is 4.74 Å². The Morgan fingerprint density at radius 2 is 2.13 bits per heavy atom. The van der Waals surface area contributed by atoms with Crippen LogP contribution in [-0.4, -0.2) is 48.7 Å². The highest BCUT2D eigenvalue weighted by Gasteiger charge is 2.25. The normalized spacial score (nSPS) is 18.5. The van der Waals surface area contributed by atoms with E-state index in [2.05, 4.69) is 50.5 Å². The summed E-state index contributed by atoms with van der Waals surface area (Å²) in [6, 6.07) is 2.12. The number of nitrogens with zero attached hydrogens (tertiary/aromatic N) is 5. The molecule has 1 fully saturated rings. The van der Waals surface area contributed by atoms with Crippen molar-refractivity contribution in [2.45, 2.75) is 25.9 Å². The van der Waals surface area contributed by atoms with E-state index in [0.717, 1.165) is 24.9 Å². The van der Waals surface area contributed by atoms with E-state index >= 15 is 0 Å². The minimum Gasteiger partial charge on any atom is -0.370 e. The van der Waals surface area contributed by atoms with E-state index in [0.29, 0.717) is 12.6 Å². The lowest BCUT2D eigenvalue weighted by Gasteiger charge is -2.33. The van der Waals surface area contributed by atoms with E-state index < -0.39 is 0 Å². The summed E-state index contributed by atoms with van der Waals surface area (Å²) in [5.74, 6) is 2.55. The summed E-state index contributed by atoms with van der Waals surface area (Å²) in [6.07, 6.45) is 0.0806. The summed E-state index contributed by atoms with van der Waals surface area (Å²) in [5, 5.41) is 4.23. The third-order valence-corrected chi connectivity index (χ3v) is 4.51. The predicted molar refractivity (Wildman–Crippen MR) is 93.5 cm³/mol. The van der Waals surface area contributed by atoms with Crippen molar-refractivity contribution in [3.8, 4) is 0 Å². The molecule has 124 valence electrons. The number of aromatic nitrogens is 3. The molecule has 1 unspecified atom stereocenters. The first kappa shape index (κ1) is 16.1. The Balaban J connectivity index is 1.87. The molecule has 2 aromatic rings. The van der Waals surface area contributed by atoms with Gasteiger partial charge in [-0.2, -0.15) is 26.3 Å². The average Bonchev–Trinajstić information content (AvgIpc) is 3.09. The zero-order valence-electron chi connectivity index (χ0n) is 14.1. The van der Waals surface area contributed by atoms with Crippen LogP contribution >= 0.6 is 11.3 Å². The first-order valence-corrected chi connectivity index (χ1v) is 8.81. The molecule has 1 atom stereocenters. The van der Waals surface area contributed by atoms with Crippen molar-refractivity contribution in [1.82, 2.24) is 15.0 Å². The number of hydrogen-bond donors (Lipinski definition) is 0. The highest BCUT2D eigenvalue weighted by Crippen LogP contribution is 2.27. The van der Waals surface area contributed by atoms with Crippen LogP contribution in [0.3, 0.4) is 0 Å². The van der Waals surface area contributed by atoms with Gasteiger partial charge in [-0.05, 0) is 22.4 Å². The maximum atomic E-state index is 5.91. The van der Waals surface area contributed by atoms with Crippen molar-refractivity contribution in [2.24, 2.45) is 0 Å². The lowest BCUT2D eigenvalue weighted by atomic mass is 10.1. The number of rotatable bonds is 4. The van der Waals surface area contributed by atoms with Crippen molar-refractivity contribution < 1.29 is 4.74 Å². The van der Waals surface area contributed by atoms with Gasteiger partial charge in [0.2, 0.25) is 11.9 Å². The van der Waals surface area contributed by atoms with Gasteiger partial charge in [0.1, 0.15) is 11.9 Å². The molecule has 2 aromatic heterocycles. The monoisotopic (exact) mass is 333 g/mol. The van der Waals surface area contributed by atoms with Gasteiger partial charge in [-0.1, -0.05) is 13.8 Å². The standard InChI is InChI=1S/C16H23N5OS/c1-11(2)14-17-15(20(3)4)19-16(18-14)21-6-7-22-13(9-21)12-5-8-23-10-12/h5,8,10-11,13H,6-7,9H2,1-4H3. The van der Waals surface area contributed by atoms with Crippen LogP contribution in [0.15, 0.2) is 16.8 Å². The van der Waals surface area contributed by atoms with E-state index in [9.17, 15) is 0 Å². The molecule has 0 N–H and O–H groups in total. The molecule has 1 aliphatic rings. The van der Waals surface area contributed by atoms with Gasteiger partial charge in [0.05, 0.1) is 13.2 Å². The highest BCUT2D eigenvalue weighted by atomic mass is 32.1. The van der Waals surface area contributed by atoms with Gasteiger partial charge in [0.25, 0.3) is 0 Å². The first-order chi connectivity index (χ1) is 11.0. The predicted octanol–water partition coefficient (Wildman–Crippen LogP) is 2.70. The fourth-order valence-electron chi connectivity index (χ4n) is 2.46. The first-order valence-electron chi connectivity index (χ1n) is 7.86. The van der Waals surface area contributed by atoms with Gasteiger partial charge >= 0.3 is 0 Å². The molecule has 0 aromatic carbocycles. The Kier molecular flexibility index (Phi) is 4.77. The molecule has 0 bridgehead atoms. The van der Waals surface area contributed by atoms with E-state index in [1.807, 2.05) is 19.0 Å². The third kappa shape index (κ3) is 3.61. The molecule has 0 spiro atoms. The highest BCUT2D eigenvalue weighted by molar-refractivity contribution is 7.07. The SMILES string of the molecule is CC(C)c1nc(N(C)C)nc(N2CCOC(c3ccsc3)C2)n1. The minimum atomic E-state index is 0.0806. The minimum absolute atomic E-state index is 0.0806. The average molecular weight is 333 g/mol. The Morgan fingerprint density at radius 1 is 1.30 bits per heavy atom. The number of ether oxygens (including phenoxy) is 1. The van der Waals surface area contributed by atoms with Crippen molar-refractivity contribution >= 4 is 23.2 Å². The summed E-state index contributed by atoms with van der Waals surface area (Å²) in [6.45, 7) is 6.46. The van der Waals surface area contributed by atoms with E-state index in [4.69, 9.17) is 4.74 Å². The van der Waals surface area contributed by atoms with Crippen LogP contribution in [0.2, 0.25) is 0 Å². The lowest BCUT2D eigenvalue weighted by Crippen LogP contribution is -2.39. The van der Waals surface area contributed by atoms with Crippen LogP contribution in [0, 0.1) is 0 Å². The molecule has 1 aliphatic heterocycles. The van der Waals surface area contributed by atoms with Gasteiger partial charge in [-0.3, -0.25) is 0 Å². The fourth-order valence-corrected chi connectivity index (χ4v) is 3.16. The number of anilines is 2. The van der Waals surface area contributed by atoms with E-state index in [1.165, 1.54) is 5.56 Å². The maximum Gasteiger partial charge on any atom is 0.230 e. The largest absolute Gasteiger partial charge is 0.370 e. The molecule has 23 heavy (non-hydrogen) atoms. The summed E-state index contributed by atoms with van der Waals surface area (Å²) >= 11 is 1.70. The molecule has 0 aliphatic carbocycles. The van der Waals surface area contributed by atoms with E-state index in [-0.39, 0.29) is 12.0 Å². The summed E-state index contributed by atoms with van der Waals surface area (Å²) in [7, 11) is 3.91. The molecule has 6 nitrogen and oxygen atoms in total. The van der Waals surface area contributed by atoms with E-state index in [1.54, 1.807) is 11.3 Å². The Labute approximate surface area is 141 Å². The van der Waals surface area contributed by atoms with Gasteiger partial charge < -0.3 is 14.5 Å². The summed E-state index contributed by atoms with van der Waals surface area (Å²) in [4.78, 5) is 18.0. The van der Waals surface area contributed by atoms with Gasteiger partial charge in [-0.25, -0.2) is 0 Å². The van der Waals surface area contributed by atoms with Gasteiger partial charge in [0, 0.05) is 26.6 Å². The summed E-state index contributed by atoms with van der Waals surface area (Å²) in [5.41, 5.74) is 1.23. The lowest BCUT2D eigenvalue weighted by molar-refractivity contribution is 0.0395. The molecule has 0 amide bonds. The molecule has 0 radical (unpaired) electrons. The molecular weight excluding hydrogens is 310 g/mol. The maximum absolute atomic E-state index is 5.91.